The number of rotatable bonds is 6. The number of alkyl halides is 3. The van der Waals surface area contributed by atoms with Gasteiger partial charge in [0.1, 0.15) is 5.82 Å². The summed E-state index contributed by atoms with van der Waals surface area (Å²) in [6.45, 7) is 0.706. The topological polar surface area (TPSA) is 80.1 Å². The average molecular weight is 455 g/mol. The highest BCUT2D eigenvalue weighted by molar-refractivity contribution is 6.03. The Morgan fingerprint density at radius 3 is 2.64 bits per heavy atom. The summed E-state index contributed by atoms with van der Waals surface area (Å²) in [6.07, 6.45) is -1.30. The molecule has 0 unspecified atom stereocenters. The first-order chi connectivity index (χ1) is 15.9. The maximum absolute atomic E-state index is 12.7. The molecule has 0 aliphatic carbocycles. The van der Waals surface area contributed by atoms with E-state index in [-0.39, 0.29) is 6.79 Å². The molecule has 4 rings (SSSR count). The fourth-order valence-electron chi connectivity index (χ4n) is 3.13. The molecule has 2 heterocycles. The van der Waals surface area contributed by atoms with Crippen molar-refractivity contribution in [2.45, 2.75) is 12.7 Å². The molecular formula is C23H20F3N5O2. The lowest BCUT2D eigenvalue weighted by molar-refractivity contribution is -0.137. The van der Waals surface area contributed by atoms with E-state index in [0.29, 0.717) is 40.8 Å². The summed E-state index contributed by atoms with van der Waals surface area (Å²) in [5.74, 6) is 2.45. The van der Waals surface area contributed by atoms with Crippen LogP contribution >= 0.6 is 0 Å². The normalized spacial score (nSPS) is 13.4. The second kappa shape index (κ2) is 9.60. The van der Waals surface area contributed by atoms with Gasteiger partial charge in [0.15, 0.2) is 17.3 Å². The fourth-order valence-corrected chi connectivity index (χ4v) is 3.13. The van der Waals surface area contributed by atoms with Gasteiger partial charge in [0.25, 0.3) is 0 Å². The summed E-state index contributed by atoms with van der Waals surface area (Å²) in [5, 5.41) is 7.38. The number of halogens is 3. The van der Waals surface area contributed by atoms with Gasteiger partial charge in [-0.05, 0) is 47.5 Å². The smallest absolute Gasteiger partial charge is 0.416 e. The third-order valence-corrected chi connectivity index (χ3v) is 4.81. The molecule has 0 atom stereocenters. The van der Waals surface area contributed by atoms with Crippen LogP contribution in [0.4, 0.5) is 19.0 Å². The number of aromatic nitrogens is 1. The first-order valence-electron chi connectivity index (χ1n) is 9.95. The van der Waals surface area contributed by atoms with Crippen molar-refractivity contribution in [2.24, 2.45) is 10.1 Å². The predicted octanol–water partition coefficient (Wildman–Crippen LogP) is 4.44. The number of amidine groups is 1. The molecular weight excluding hydrogens is 435 g/mol. The molecule has 33 heavy (non-hydrogen) atoms. The largest absolute Gasteiger partial charge is 0.454 e. The number of hydrogen-bond donors (Lipinski definition) is 2. The van der Waals surface area contributed by atoms with Crippen LogP contribution in [0.5, 0.6) is 11.5 Å². The minimum absolute atomic E-state index is 0.214. The molecule has 1 aliphatic heterocycles. The van der Waals surface area contributed by atoms with Crippen molar-refractivity contribution in [1.29, 1.82) is 0 Å². The first-order valence-corrected chi connectivity index (χ1v) is 9.95. The van der Waals surface area contributed by atoms with Gasteiger partial charge in [0, 0.05) is 19.8 Å². The molecule has 170 valence electrons. The fraction of sp³-hybridized carbons (Fsp3) is 0.174. The standard InChI is InChI=1S/C23H20F3N5O2/c1-27-21(31-30-13-15-4-7-17(8-5-15)23(24,25)26)18-3-2-10-28-22(18)29-12-16-6-9-19-20(11-16)33-14-32-19/h2-11,13H,12,14H2,1H3,(H,27,31)(H,28,29)/b30-13+. The summed E-state index contributed by atoms with van der Waals surface area (Å²) in [5.41, 5.74) is 4.30. The Kier molecular flexibility index (Phi) is 6.43. The summed E-state index contributed by atoms with van der Waals surface area (Å²) < 4.78 is 48.8. The monoisotopic (exact) mass is 455 g/mol. The number of hydrazone groups is 1. The second-order valence-corrected chi connectivity index (χ2v) is 7.00. The number of aliphatic imine (C=N–C) groups is 1. The number of nitrogens with one attached hydrogen (secondary N) is 2. The van der Waals surface area contributed by atoms with Crippen molar-refractivity contribution >= 4 is 17.9 Å². The molecule has 3 aromatic rings. The highest BCUT2D eigenvalue weighted by Gasteiger charge is 2.29. The lowest BCUT2D eigenvalue weighted by Gasteiger charge is -2.12. The number of pyridine rings is 1. The van der Waals surface area contributed by atoms with Crippen molar-refractivity contribution < 1.29 is 22.6 Å². The van der Waals surface area contributed by atoms with E-state index in [1.54, 1.807) is 19.3 Å². The Morgan fingerprint density at radius 2 is 1.88 bits per heavy atom. The summed E-state index contributed by atoms with van der Waals surface area (Å²) in [7, 11) is 1.60. The van der Waals surface area contributed by atoms with Crippen LogP contribution in [-0.2, 0) is 12.7 Å². The van der Waals surface area contributed by atoms with Gasteiger partial charge in [-0.15, -0.1) is 0 Å². The first kappa shape index (κ1) is 22.1. The third kappa shape index (κ3) is 5.40. The van der Waals surface area contributed by atoms with Gasteiger partial charge < -0.3 is 14.8 Å². The average Bonchev–Trinajstić information content (AvgIpc) is 3.29. The van der Waals surface area contributed by atoms with E-state index >= 15 is 0 Å². The number of nitrogens with zero attached hydrogens (tertiary/aromatic N) is 3. The van der Waals surface area contributed by atoms with Gasteiger partial charge in [-0.3, -0.25) is 10.4 Å². The van der Waals surface area contributed by atoms with E-state index in [9.17, 15) is 13.2 Å². The molecule has 10 heteroatoms. The minimum Gasteiger partial charge on any atom is -0.454 e. The number of ether oxygens (including phenoxy) is 2. The van der Waals surface area contributed by atoms with Crippen LogP contribution in [0, 0.1) is 0 Å². The summed E-state index contributed by atoms with van der Waals surface area (Å²) in [4.78, 5) is 8.61. The molecule has 0 amide bonds. The van der Waals surface area contributed by atoms with Crippen LogP contribution in [0.3, 0.4) is 0 Å². The van der Waals surface area contributed by atoms with Crippen molar-refractivity contribution in [2.75, 3.05) is 19.2 Å². The lowest BCUT2D eigenvalue weighted by Crippen LogP contribution is -2.21. The van der Waals surface area contributed by atoms with Crippen molar-refractivity contribution in [1.82, 2.24) is 10.4 Å². The SMILES string of the molecule is CN=C(N/N=C/c1ccc(C(F)(F)F)cc1)c1cccnc1NCc1ccc2c(c1)OCO2. The van der Waals surface area contributed by atoms with Gasteiger partial charge in [-0.2, -0.15) is 18.3 Å². The molecule has 2 aromatic carbocycles. The third-order valence-electron chi connectivity index (χ3n) is 4.81. The van der Waals surface area contributed by atoms with Crippen molar-refractivity contribution in [3.63, 3.8) is 0 Å². The highest BCUT2D eigenvalue weighted by Crippen LogP contribution is 2.32. The lowest BCUT2D eigenvalue weighted by atomic mass is 10.1. The van der Waals surface area contributed by atoms with Gasteiger partial charge >= 0.3 is 6.18 Å². The highest BCUT2D eigenvalue weighted by atomic mass is 19.4. The van der Waals surface area contributed by atoms with Crippen LogP contribution in [0.1, 0.15) is 22.3 Å². The number of anilines is 1. The van der Waals surface area contributed by atoms with Crippen LogP contribution in [0.2, 0.25) is 0 Å². The Morgan fingerprint density at radius 1 is 1.09 bits per heavy atom. The van der Waals surface area contributed by atoms with Crippen molar-refractivity contribution in [3.05, 3.63) is 83.0 Å². The van der Waals surface area contributed by atoms with Gasteiger partial charge in [-0.1, -0.05) is 18.2 Å². The van der Waals surface area contributed by atoms with Gasteiger partial charge in [-0.25, -0.2) is 4.98 Å². The molecule has 0 fully saturated rings. The Bertz CT molecular complexity index is 1180. The van der Waals surface area contributed by atoms with Gasteiger partial charge in [0.05, 0.1) is 17.3 Å². The molecule has 0 radical (unpaired) electrons. The maximum atomic E-state index is 12.7. The van der Waals surface area contributed by atoms with Crippen LogP contribution < -0.4 is 20.2 Å². The second-order valence-electron chi connectivity index (χ2n) is 7.00. The minimum atomic E-state index is -4.37. The van der Waals surface area contributed by atoms with Crippen LogP contribution in [0.15, 0.2) is 70.9 Å². The number of benzene rings is 2. The molecule has 0 spiro atoms. The zero-order chi connectivity index (χ0) is 23.3. The molecule has 0 saturated carbocycles. The molecule has 1 aromatic heterocycles. The zero-order valence-corrected chi connectivity index (χ0v) is 17.6. The zero-order valence-electron chi connectivity index (χ0n) is 17.6. The quantitative estimate of drug-likeness (QED) is 0.326. The molecule has 7 nitrogen and oxygen atoms in total. The predicted molar refractivity (Wildman–Crippen MR) is 119 cm³/mol. The Balaban J connectivity index is 1.42. The van der Waals surface area contributed by atoms with E-state index in [1.165, 1.54) is 18.3 Å². The number of hydrogen-bond acceptors (Lipinski definition) is 6. The molecule has 0 saturated heterocycles. The van der Waals surface area contributed by atoms with E-state index in [4.69, 9.17) is 9.47 Å². The Labute approximate surface area is 188 Å². The van der Waals surface area contributed by atoms with E-state index < -0.39 is 11.7 Å². The maximum Gasteiger partial charge on any atom is 0.416 e. The van der Waals surface area contributed by atoms with E-state index in [1.807, 2.05) is 24.3 Å². The molecule has 2 N–H and O–H groups in total. The Hall–Kier alpha value is -4.08. The van der Waals surface area contributed by atoms with Crippen LogP contribution in [-0.4, -0.2) is 30.9 Å². The molecule has 0 bridgehead atoms. The van der Waals surface area contributed by atoms with Crippen molar-refractivity contribution in [3.8, 4) is 11.5 Å². The van der Waals surface area contributed by atoms with E-state index in [2.05, 4.69) is 25.8 Å². The summed E-state index contributed by atoms with van der Waals surface area (Å²) in [6, 6.07) is 14.0. The van der Waals surface area contributed by atoms with E-state index in [0.717, 1.165) is 17.7 Å². The van der Waals surface area contributed by atoms with Crippen LogP contribution in [0.25, 0.3) is 0 Å². The molecule has 1 aliphatic rings. The van der Waals surface area contributed by atoms with Gasteiger partial charge in [0.2, 0.25) is 6.79 Å². The summed E-state index contributed by atoms with van der Waals surface area (Å²) >= 11 is 0. The number of fused-ring (bicyclic) bond motifs is 1.